The molecule has 128 valence electrons. The molecule has 0 saturated carbocycles. The number of rotatable bonds is 7. The van der Waals surface area contributed by atoms with Gasteiger partial charge in [-0.25, -0.2) is 9.97 Å². The summed E-state index contributed by atoms with van der Waals surface area (Å²) >= 11 is 14.3. The number of aromatic nitrogens is 2. The molecule has 2 heterocycles. The van der Waals surface area contributed by atoms with E-state index in [0.29, 0.717) is 21.7 Å². The second kappa shape index (κ2) is 9.22. The molecular formula is C14H13Cl2N3O3S2. The lowest BCUT2D eigenvalue weighted by Crippen LogP contribution is -2.15. The monoisotopic (exact) mass is 405 g/mol. The Labute approximate surface area is 156 Å². The fraction of sp³-hybridized carbons (Fsp3) is 0.286. The molecule has 1 amide bonds. The number of carbonyl (C=O) groups is 2. The highest BCUT2D eigenvalue weighted by atomic mass is 35.5. The minimum Gasteiger partial charge on any atom is -0.466 e. The molecule has 0 atom stereocenters. The van der Waals surface area contributed by atoms with E-state index in [0.717, 1.165) is 0 Å². The first-order valence-corrected chi connectivity index (χ1v) is 9.43. The lowest BCUT2D eigenvalue weighted by molar-refractivity contribution is -0.142. The van der Waals surface area contributed by atoms with Crippen molar-refractivity contribution in [2.45, 2.75) is 17.7 Å². The van der Waals surface area contributed by atoms with Gasteiger partial charge in [0.1, 0.15) is 0 Å². The number of halogens is 2. The van der Waals surface area contributed by atoms with E-state index in [-0.39, 0.29) is 34.9 Å². The molecule has 2 aromatic heterocycles. The van der Waals surface area contributed by atoms with Gasteiger partial charge in [0, 0.05) is 11.6 Å². The number of nitrogens with zero attached hydrogens (tertiary/aromatic N) is 2. The number of anilines is 1. The largest absolute Gasteiger partial charge is 0.466 e. The number of pyridine rings is 1. The average molecular weight is 406 g/mol. The Morgan fingerprint density at radius 2 is 2.21 bits per heavy atom. The molecule has 0 unspecified atom stereocenters. The minimum absolute atomic E-state index is 0.126. The number of thiazole rings is 1. The van der Waals surface area contributed by atoms with E-state index in [4.69, 9.17) is 27.9 Å². The fourth-order valence-electron chi connectivity index (χ4n) is 1.60. The highest BCUT2D eigenvalue weighted by Crippen LogP contribution is 2.25. The van der Waals surface area contributed by atoms with Gasteiger partial charge in [0.25, 0.3) is 0 Å². The van der Waals surface area contributed by atoms with Crippen molar-refractivity contribution in [1.29, 1.82) is 0 Å². The molecule has 6 nitrogen and oxygen atoms in total. The van der Waals surface area contributed by atoms with E-state index in [1.807, 2.05) is 0 Å². The summed E-state index contributed by atoms with van der Waals surface area (Å²) in [5, 5.41) is 5.04. The first kappa shape index (κ1) is 19.0. The number of hydrogen-bond donors (Lipinski definition) is 1. The summed E-state index contributed by atoms with van der Waals surface area (Å²) in [4.78, 5) is 31.6. The third kappa shape index (κ3) is 5.94. The summed E-state index contributed by atoms with van der Waals surface area (Å²) in [5.41, 5.74) is 0.628. The molecule has 0 spiro atoms. The van der Waals surface area contributed by atoms with Crippen molar-refractivity contribution in [3.63, 3.8) is 0 Å². The molecule has 0 aliphatic heterocycles. The maximum atomic E-state index is 11.9. The molecule has 0 fully saturated rings. The number of esters is 1. The van der Waals surface area contributed by atoms with E-state index in [2.05, 4.69) is 15.3 Å². The van der Waals surface area contributed by atoms with E-state index in [1.165, 1.54) is 35.4 Å². The molecule has 1 N–H and O–H groups in total. The minimum atomic E-state index is -0.319. The zero-order valence-electron chi connectivity index (χ0n) is 12.5. The molecular weight excluding hydrogens is 393 g/mol. The second-order valence-corrected chi connectivity index (χ2v) is 7.33. The van der Waals surface area contributed by atoms with Crippen molar-refractivity contribution in [1.82, 2.24) is 9.97 Å². The van der Waals surface area contributed by atoms with Crippen LogP contribution in [-0.4, -0.2) is 34.2 Å². The van der Waals surface area contributed by atoms with Crippen LogP contribution in [0.15, 0.2) is 22.0 Å². The SMILES string of the molecule is CCOC(=O)Cc1csc(SCC(=O)Nc2ncc(Cl)cc2Cl)n1. The van der Waals surface area contributed by atoms with Crippen molar-refractivity contribution < 1.29 is 14.3 Å². The molecule has 2 aromatic rings. The average Bonchev–Trinajstić information content (AvgIpc) is 2.96. The van der Waals surface area contributed by atoms with Crippen LogP contribution in [-0.2, 0) is 20.7 Å². The number of hydrogen-bond acceptors (Lipinski definition) is 7. The summed E-state index contributed by atoms with van der Waals surface area (Å²) in [7, 11) is 0. The molecule has 0 bridgehead atoms. The maximum Gasteiger partial charge on any atom is 0.311 e. The fourth-order valence-corrected chi connectivity index (χ4v) is 3.67. The normalized spacial score (nSPS) is 10.5. The summed E-state index contributed by atoms with van der Waals surface area (Å²) in [5.74, 6) is -0.180. The lowest BCUT2D eigenvalue weighted by Gasteiger charge is -2.05. The number of carbonyl (C=O) groups excluding carboxylic acids is 2. The van der Waals surface area contributed by atoms with Gasteiger partial charge in [-0.1, -0.05) is 35.0 Å². The molecule has 0 saturated heterocycles. The Balaban J connectivity index is 1.83. The first-order valence-electron chi connectivity index (χ1n) is 6.81. The van der Waals surface area contributed by atoms with Crippen LogP contribution in [0.25, 0.3) is 0 Å². The van der Waals surface area contributed by atoms with Gasteiger partial charge in [0.15, 0.2) is 10.2 Å². The van der Waals surface area contributed by atoms with Gasteiger partial charge in [0.05, 0.1) is 34.5 Å². The molecule has 0 aliphatic carbocycles. The Kier molecular flexibility index (Phi) is 7.29. The van der Waals surface area contributed by atoms with E-state index in [9.17, 15) is 9.59 Å². The van der Waals surface area contributed by atoms with Gasteiger partial charge in [-0.05, 0) is 13.0 Å². The van der Waals surface area contributed by atoms with E-state index < -0.39 is 0 Å². The van der Waals surface area contributed by atoms with Crippen LogP contribution >= 0.6 is 46.3 Å². The number of nitrogens with one attached hydrogen (secondary N) is 1. The first-order chi connectivity index (χ1) is 11.5. The van der Waals surface area contributed by atoms with Gasteiger partial charge in [-0.2, -0.15) is 0 Å². The predicted octanol–water partition coefficient (Wildman–Crippen LogP) is 3.68. The molecule has 10 heteroatoms. The van der Waals surface area contributed by atoms with Gasteiger partial charge >= 0.3 is 5.97 Å². The van der Waals surface area contributed by atoms with Crippen LogP contribution in [0.1, 0.15) is 12.6 Å². The van der Waals surface area contributed by atoms with Gasteiger partial charge in [-0.15, -0.1) is 11.3 Å². The lowest BCUT2D eigenvalue weighted by atomic mass is 10.3. The van der Waals surface area contributed by atoms with Crippen LogP contribution in [0, 0.1) is 0 Å². The summed E-state index contributed by atoms with van der Waals surface area (Å²) < 4.78 is 5.56. The zero-order chi connectivity index (χ0) is 17.5. The van der Waals surface area contributed by atoms with Crippen molar-refractivity contribution in [2.24, 2.45) is 0 Å². The van der Waals surface area contributed by atoms with Crippen molar-refractivity contribution in [2.75, 3.05) is 17.7 Å². The number of thioether (sulfide) groups is 1. The summed E-state index contributed by atoms with van der Waals surface area (Å²) in [6.45, 7) is 2.09. The topological polar surface area (TPSA) is 81.2 Å². The zero-order valence-corrected chi connectivity index (χ0v) is 15.7. The number of amides is 1. The molecule has 0 radical (unpaired) electrons. The van der Waals surface area contributed by atoms with E-state index in [1.54, 1.807) is 12.3 Å². The van der Waals surface area contributed by atoms with Gasteiger partial charge < -0.3 is 10.1 Å². The molecule has 24 heavy (non-hydrogen) atoms. The Morgan fingerprint density at radius 1 is 1.42 bits per heavy atom. The van der Waals surface area contributed by atoms with Crippen LogP contribution in [0.2, 0.25) is 10.0 Å². The van der Waals surface area contributed by atoms with Crippen molar-refractivity contribution >= 4 is 64.0 Å². The third-order valence-corrected chi connectivity index (χ3v) is 5.12. The molecule has 0 aromatic carbocycles. The molecule has 2 rings (SSSR count). The third-order valence-electron chi connectivity index (χ3n) is 2.55. The van der Waals surface area contributed by atoms with E-state index >= 15 is 0 Å². The molecule has 0 aliphatic rings. The van der Waals surface area contributed by atoms with Crippen LogP contribution in [0.4, 0.5) is 5.82 Å². The smallest absolute Gasteiger partial charge is 0.311 e. The second-order valence-electron chi connectivity index (χ2n) is 4.41. The standard InChI is InChI=1S/C14H13Cl2N3O3S2/c1-2-22-12(21)4-9-6-23-14(18-9)24-7-11(20)19-13-10(16)3-8(15)5-17-13/h3,5-6H,2,4,7H2,1H3,(H,17,19,20). The highest BCUT2D eigenvalue weighted by molar-refractivity contribution is 8.01. The summed E-state index contributed by atoms with van der Waals surface area (Å²) in [6, 6.07) is 1.50. The van der Waals surface area contributed by atoms with Gasteiger partial charge in [-0.3, -0.25) is 9.59 Å². The predicted molar refractivity (Wildman–Crippen MR) is 96.1 cm³/mol. The quantitative estimate of drug-likeness (QED) is 0.558. The summed E-state index contributed by atoms with van der Waals surface area (Å²) in [6.07, 6.45) is 1.53. The van der Waals surface area contributed by atoms with Crippen LogP contribution in [0.5, 0.6) is 0 Å². The maximum absolute atomic E-state index is 11.9. The van der Waals surface area contributed by atoms with Crippen molar-refractivity contribution in [3.8, 4) is 0 Å². The van der Waals surface area contributed by atoms with Crippen LogP contribution in [0.3, 0.4) is 0 Å². The Bertz CT molecular complexity index is 740. The highest BCUT2D eigenvalue weighted by Gasteiger charge is 2.12. The van der Waals surface area contributed by atoms with Crippen molar-refractivity contribution in [3.05, 3.63) is 33.4 Å². The Hall–Kier alpha value is -1.35. The van der Waals surface area contributed by atoms with Crippen LogP contribution < -0.4 is 5.32 Å². The Morgan fingerprint density at radius 3 is 2.92 bits per heavy atom. The number of ether oxygens (including phenoxy) is 1. The van der Waals surface area contributed by atoms with Gasteiger partial charge in [0.2, 0.25) is 5.91 Å².